The van der Waals surface area contributed by atoms with Gasteiger partial charge in [-0.1, -0.05) is 12.1 Å². The summed E-state index contributed by atoms with van der Waals surface area (Å²) in [5, 5.41) is 2.84. The molecule has 0 saturated carbocycles. The lowest BCUT2D eigenvalue weighted by molar-refractivity contribution is -0.132. The maximum Gasteiger partial charge on any atom is 0.253 e. The van der Waals surface area contributed by atoms with Crippen molar-refractivity contribution in [1.29, 1.82) is 0 Å². The van der Waals surface area contributed by atoms with Gasteiger partial charge in [0, 0.05) is 25.2 Å². The second-order valence-electron chi connectivity index (χ2n) is 7.33. The third-order valence-corrected chi connectivity index (χ3v) is 5.06. The Hall–Kier alpha value is -2.83. The standard InChI is InChI=1S/C21H21F3N2O2/c1-21(20(28)25-12-14-3-6-16(22)7-4-14)9-2-10-26(13-21)19(27)15-5-8-17(23)18(24)11-15/h3-8,11H,2,9-10,12-13H2,1H3,(H,25,28)/t21-/m1/s1. The summed E-state index contributed by atoms with van der Waals surface area (Å²) in [4.78, 5) is 26.9. The summed E-state index contributed by atoms with van der Waals surface area (Å²) in [6, 6.07) is 8.87. The van der Waals surface area contributed by atoms with E-state index < -0.39 is 23.0 Å². The lowest BCUT2D eigenvalue weighted by Crippen LogP contribution is -2.51. The Bertz CT molecular complexity index is 886. The number of halogens is 3. The summed E-state index contributed by atoms with van der Waals surface area (Å²) in [7, 11) is 0. The molecule has 1 aliphatic heterocycles. The normalized spacial score (nSPS) is 19.4. The van der Waals surface area contributed by atoms with Crippen LogP contribution in [0.4, 0.5) is 13.2 Å². The highest BCUT2D eigenvalue weighted by atomic mass is 19.2. The van der Waals surface area contributed by atoms with Gasteiger partial charge in [-0.15, -0.1) is 0 Å². The van der Waals surface area contributed by atoms with Crippen molar-refractivity contribution in [1.82, 2.24) is 10.2 Å². The Morgan fingerprint density at radius 2 is 1.79 bits per heavy atom. The van der Waals surface area contributed by atoms with E-state index >= 15 is 0 Å². The van der Waals surface area contributed by atoms with Gasteiger partial charge in [0.05, 0.1) is 5.41 Å². The molecule has 0 aliphatic carbocycles. The predicted octanol–water partition coefficient (Wildman–Crippen LogP) is 3.66. The summed E-state index contributed by atoms with van der Waals surface area (Å²) in [6.07, 6.45) is 1.22. The Labute approximate surface area is 161 Å². The van der Waals surface area contributed by atoms with Crippen LogP contribution in [0.2, 0.25) is 0 Å². The molecule has 0 bridgehead atoms. The van der Waals surface area contributed by atoms with Crippen LogP contribution in [0.25, 0.3) is 0 Å². The molecule has 1 N–H and O–H groups in total. The zero-order valence-corrected chi connectivity index (χ0v) is 15.5. The van der Waals surface area contributed by atoms with E-state index in [4.69, 9.17) is 0 Å². The number of amides is 2. The summed E-state index contributed by atoms with van der Waals surface area (Å²) in [6.45, 7) is 2.66. The van der Waals surface area contributed by atoms with E-state index in [1.165, 1.54) is 23.1 Å². The van der Waals surface area contributed by atoms with Crippen molar-refractivity contribution in [2.45, 2.75) is 26.3 Å². The highest BCUT2D eigenvalue weighted by Gasteiger charge is 2.39. The molecule has 28 heavy (non-hydrogen) atoms. The minimum Gasteiger partial charge on any atom is -0.351 e. The minimum atomic E-state index is -1.08. The molecule has 1 fully saturated rings. The van der Waals surface area contributed by atoms with E-state index in [1.807, 2.05) is 0 Å². The van der Waals surface area contributed by atoms with Crippen molar-refractivity contribution >= 4 is 11.8 Å². The summed E-state index contributed by atoms with van der Waals surface area (Å²) in [5.41, 5.74) is 0.0192. The Kier molecular flexibility index (Phi) is 5.72. The first-order valence-electron chi connectivity index (χ1n) is 9.05. The lowest BCUT2D eigenvalue weighted by atomic mass is 9.80. The van der Waals surface area contributed by atoms with Crippen LogP contribution in [0.5, 0.6) is 0 Å². The first kappa shape index (κ1) is 19.9. The first-order chi connectivity index (χ1) is 13.3. The number of carbonyl (C=O) groups excluding carboxylic acids is 2. The third kappa shape index (κ3) is 4.35. The quantitative estimate of drug-likeness (QED) is 0.866. The maximum atomic E-state index is 13.4. The van der Waals surface area contributed by atoms with Crippen LogP contribution in [0, 0.1) is 22.9 Å². The molecule has 0 radical (unpaired) electrons. The summed E-state index contributed by atoms with van der Waals surface area (Å²) >= 11 is 0. The van der Waals surface area contributed by atoms with E-state index in [9.17, 15) is 22.8 Å². The van der Waals surface area contributed by atoms with Crippen LogP contribution in [0.1, 0.15) is 35.7 Å². The molecule has 2 aromatic rings. The topological polar surface area (TPSA) is 49.4 Å². The van der Waals surface area contributed by atoms with Crippen molar-refractivity contribution in [3.05, 3.63) is 71.0 Å². The highest BCUT2D eigenvalue weighted by Crippen LogP contribution is 2.31. The van der Waals surface area contributed by atoms with Crippen LogP contribution < -0.4 is 5.32 Å². The second-order valence-corrected chi connectivity index (χ2v) is 7.33. The van der Waals surface area contributed by atoms with Crippen LogP contribution in [0.15, 0.2) is 42.5 Å². The molecule has 1 saturated heterocycles. The predicted molar refractivity (Wildman–Crippen MR) is 97.8 cm³/mol. The Morgan fingerprint density at radius 3 is 2.46 bits per heavy atom. The number of hydrogen-bond donors (Lipinski definition) is 1. The van der Waals surface area contributed by atoms with Gasteiger partial charge in [-0.25, -0.2) is 13.2 Å². The average molecular weight is 390 g/mol. The lowest BCUT2D eigenvalue weighted by Gasteiger charge is -2.39. The molecular formula is C21H21F3N2O2. The fourth-order valence-electron chi connectivity index (χ4n) is 3.41. The third-order valence-electron chi connectivity index (χ3n) is 5.06. The number of hydrogen-bond acceptors (Lipinski definition) is 2. The van der Waals surface area contributed by atoms with Gasteiger partial charge in [0.15, 0.2) is 11.6 Å². The van der Waals surface area contributed by atoms with Gasteiger partial charge in [-0.2, -0.15) is 0 Å². The zero-order valence-electron chi connectivity index (χ0n) is 15.5. The molecule has 3 rings (SSSR count). The van der Waals surface area contributed by atoms with Crippen molar-refractivity contribution in [3.8, 4) is 0 Å². The maximum absolute atomic E-state index is 13.4. The molecular weight excluding hydrogens is 369 g/mol. The minimum absolute atomic E-state index is 0.0508. The molecule has 0 spiro atoms. The molecule has 1 atom stereocenters. The largest absolute Gasteiger partial charge is 0.351 e. The van der Waals surface area contributed by atoms with Crippen LogP contribution >= 0.6 is 0 Å². The van der Waals surface area contributed by atoms with Crippen LogP contribution in [-0.4, -0.2) is 29.8 Å². The molecule has 0 aromatic heterocycles. The van der Waals surface area contributed by atoms with Crippen molar-refractivity contribution in [2.24, 2.45) is 5.41 Å². The smallest absolute Gasteiger partial charge is 0.253 e. The average Bonchev–Trinajstić information content (AvgIpc) is 2.69. The second kappa shape index (κ2) is 8.04. The van der Waals surface area contributed by atoms with Gasteiger partial charge >= 0.3 is 0 Å². The van der Waals surface area contributed by atoms with E-state index in [2.05, 4.69) is 5.32 Å². The van der Waals surface area contributed by atoms with E-state index in [1.54, 1.807) is 19.1 Å². The van der Waals surface area contributed by atoms with Gasteiger partial charge in [0.1, 0.15) is 5.82 Å². The first-order valence-corrected chi connectivity index (χ1v) is 9.05. The molecule has 2 aromatic carbocycles. The molecule has 2 amide bonds. The number of likely N-dealkylation sites (tertiary alicyclic amines) is 1. The van der Waals surface area contributed by atoms with Crippen molar-refractivity contribution in [3.63, 3.8) is 0 Å². The number of rotatable bonds is 4. The van der Waals surface area contributed by atoms with Crippen LogP contribution in [-0.2, 0) is 11.3 Å². The number of benzene rings is 2. The number of carbonyl (C=O) groups is 2. The van der Waals surface area contributed by atoms with E-state index in [0.29, 0.717) is 19.4 Å². The van der Waals surface area contributed by atoms with E-state index in [0.717, 1.165) is 17.7 Å². The molecule has 1 heterocycles. The fraction of sp³-hybridized carbons (Fsp3) is 0.333. The van der Waals surface area contributed by atoms with Crippen molar-refractivity contribution < 1.29 is 22.8 Å². The fourth-order valence-corrected chi connectivity index (χ4v) is 3.41. The van der Waals surface area contributed by atoms with Gasteiger partial charge in [0.2, 0.25) is 5.91 Å². The monoisotopic (exact) mass is 390 g/mol. The van der Waals surface area contributed by atoms with Gasteiger partial charge in [-0.3, -0.25) is 9.59 Å². The zero-order chi connectivity index (χ0) is 20.3. The van der Waals surface area contributed by atoms with Gasteiger partial charge in [0.25, 0.3) is 5.91 Å². The van der Waals surface area contributed by atoms with Gasteiger partial charge in [-0.05, 0) is 55.7 Å². The molecule has 1 aliphatic rings. The SMILES string of the molecule is C[C@@]1(C(=O)NCc2ccc(F)cc2)CCCN(C(=O)c2ccc(F)c(F)c2)C1. The number of nitrogens with zero attached hydrogens (tertiary/aromatic N) is 1. The Morgan fingerprint density at radius 1 is 1.07 bits per heavy atom. The number of piperidine rings is 1. The van der Waals surface area contributed by atoms with Gasteiger partial charge < -0.3 is 10.2 Å². The molecule has 0 unspecified atom stereocenters. The van der Waals surface area contributed by atoms with E-state index in [-0.39, 0.29) is 30.4 Å². The molecule has 7 heteroatoms. The van der Waals surface area contributed by atoms with Crippen LogP contribution in [0.3, 0.4) is 0 Å². The summed E-state index contributed by atoms with van der Waals surface area (Å²) < 4.78 is 39.5. The van der Waals surface area contributed by atoms with Crippen molar-refractivity contribution in [2.75, 3.05) is 13.1 Å². The molecule has 148 valence electrons. The molecule has 4 nitrogen and oxygen atoms in total. The summed E-state index contributed by atoms with van der Waals surface area (Å²) in [5.74, 6) is -3.08. The number of nitrogens with one attached hydrogen (secondary N) is 1. The Balaban J connectivity index is 1.66. The highest BCUT2D eigenvalue weighted by molar-refractivity contribution is 5.95.